The van der Waals surface area contributed by atoms with Crippen molar-refractivity contribution in [3.8, 4) is 0 Å². The van der Waals surface area contributed by atoms with Crippen molar-refractivity contribution in [2.75, 3.05) is 33.4 Å². The Morgan fingerprint density at radius 3 is 2.48 bits per heavy atom. The minimum Gasteiger partial charge on any atom is -0.444 e. The number of pyridine rings is 1. The molecule has 1 saturated heterocycles. The molecule has 1 aliphatic carbocycles. The first-order valence-corrected chi connectivity index (χ1v) is 11.4. The number of halogens is 3. The summed E-state index contributed by atoms with van der Waals surface area (Å²) >= 11 is 0. The van der Waals surface area contributed by atoms with Crippen molar-refractivity contribution in [1.29, 1.82) is 0 Å². The summed E-state index contributed by atoms with van der Waals surface area (Å²) in [6.45, 7) is 8.05. The van der Waals surface area contributed by atoms with Crippen molar-refractivity contribution in [2.24, 2.45) is 5.41 Å². The third kappa shape index (κ3) is 5.13. The molecule has 33 heavy (non-hydrogen) atoms. The van der Waals surface area contributed by atoms with E-state index in [1.54, 1.807) is 12.0 Å². The van der Waals surface area contributed by atoms with Crippen LogP contribution in [-0.2, 0) is 28.6 Å². The number of hydrogen-bond acceptors (Lipinski definition) is 5. The number of likely N-dealkylation sites (tertiary alicyclic amines) is 1. The third-order valence-corrected chi connectivity index (χ3v) is 6.45. The number of fused-ring (bicyclic) bond motifs is 1. The van der Waals surface area contributed by atoms with E-state index in [1.165, 1.54) is 11.6 Å². The first kappa shape index (κ1) is 23.9. The molecule has 6 nitrogen and oxygen atoms in total. The Balaban J connectivity index is 1.61. The second-order valence-corrected chi connectivity index (χ2v) is 10.3. The third-order valence-electron chi connectivity index (χ3n) is 6.45. The van der Waals surface area contributed by atoms with E-state index in [0.29, 0.717) is 44.8 Å². The quantitative estimate of drug-likeness (QED) is 0.638. The molecule has 2 fully saturated rings. The molecule has 1 atom stereocenters. The highest BCUT2D eigenvalue weighted by Gasteiger charge is 2.48. The lowest BCUT2D eigenvalue weighted by Crippen LogP contribution is -2.44. The van der Waals surface area contributed by atoms with Crippen LogP contribution in [0.2, 0.25) is 0 Å². The number of carbonyl (C=O) groups is 1. The fourth-order valence-corrected chi connectivity index (χ4v) is 5.02. The maximum Gasteiger partial charge on any atom is 0.417 e. The molecule has 4 rings (SSSR count). The van der Waals surface area contributed by atoms with Crippen LogP contribution in [0.5, 0.6) is 0 Å². The Labute approximate surface area is 192 Å². The molecule has 182 valence electrons. The van der Waals surface area contributed by atoms with Gasteiger partial charge in [0.25, 0.3) is 0 Å². The van der Waals surface area contributed by atoms with Crippen molar-refractivity contribution in [3.63, 3.8) is 0 Å². The Morgan fingerprint density at radius 1 is 1.15 bits per heavy atom. The number of hydrogen-bond donors (Lipinski definition) is 0. The van der Waals surface area contributed by atoms with Crippen LogP contribution in [0.15, 0.2) is 23.5 Å². The zero-order chi connectivity index (χ0) is 24.0. The van der Waals surface area contributed by atoms with E-state index in [9.17, 15) is 18.0 Å². The van der Waals surface area contributed by atoms with Crippen LogP contribution in [0.1, 0.15) is 56.9 Å². The van der Waals surface area contributed by atoms with Crippen molar-refractivity contribution in [2.45, 2.75) is 64.8 Å². The molecular weight excluding hydrogens is 435 g/mol. The summed E-state index contributed by atoms with van der Waals surface area (Å²) in [6.07, 6.45) is -0.583. The van der Waals surface area contributed by atoms with E-state index < -0.39 is 22.8 Å². The predicted octanol–water partition coefficient (Wildman–Crippen LogP) is 4.78. The molecule has 9 heteroatoms. The maximum absolute atomic E-state index is 13.3. The summed E-state index contributed by atoms with van der Waals surface area (Å²) in [5, 5.41) is 0. The molecule has 0 spiro atoms. The summed E-state index contributed by atoms with van der Waals surface area (Å²) in [7, 11) is 1.65. The van der Waals surface area contributed by atoms with Gasteiger partial charge in [0.05, 0.1) is 17.6 Å². The van der Waals surface area contributed by atoms with Crippen LogP contribution in [0.4, 0.5) is 18.0 Å². The molecule has 3 aliphatic rings. The van der Waals surface area contributed by atoms with E-state index in [-0.39, 0.29) is 6.09 Å². The lowest BCUT2D eigenvalue weighted by molar-refractivity contribution is -0.137. The fraction of sp³-hybridized carbons (Fsp3) is 0.667. The molecule has 1 aromatic rings. The normalized spacial score (nSPS) is 22.9. The standard InChI is InChI=1S/C24H32F3N3O3/c1-22(2,3)33-21(31)30-10-8-23(14-30,15-32-4)20(16-5-6-16)29-9-7-19-17(13-29)11-18(12-28-19)24(25,26)27/h11-12H,5-10,13-15H2,1-4H3. The van der Waals surface area contributed by atoms with Crippen molar-refractivity contribution >= 4 is 6.09 Å². The van der Waals surface area contributed by atoms with Crippen molar-refractivity contribution in [1.82, 2.24) is 14.8 Å². The zero-order valence-electron chi connectivity index (χ0n) is 19.7. The van der Waals surface area contributed by atoms with Gasteiger partial charge in [-0.05, 0) is 57.2 Å². The van der Waals surface area contributed by atoms with Gasteiger partial charge in [-0.15, -0.1) is 0 Å². The molecule has 0 bridgehead atoms. The lowest BCUT2D eigenvalue weighted by atomic mass is 9.81. The van der Waals surface area contributed by atoms with Gasteiger partial charge in [-0.25, -0.2) is 4.79 Å². The number of carbonyl (C=O) groups excluding carboxylic acids is 1. The Hall–Kier alpha value is -2.29. The number of amides is 1. The Bertz CT molecular complexity index is 948. The molecular formula is C24H32F3N3O3. The van der Waals surface area contributed by atoms with Gasteiger partial charge < -0.3 is 19.3 Å². The molecule has 2 aliphatic heterocycles. The number of ether oxygens (including phenoxy) is 2. The van der Waals surface area contributed by atoms with E-state index in [1.807, 2.05) is 20.8 Å². The molecule has 1 unspecified atom stereocenters. The number of nitrogens with zero attached hydrogens (tertiary/aromatic N) is 3. The summed E-state index contributed by atoms with van der Waals surface area (Å²) in [5.41, 5.74) is 2.09. The second-order valence-electron chi connectivity index (χ2n) is 10.3. The average molecular weight is 468 g/mol. The highest BCUT2D eigenvalue weighted by Crippen LogP contribution is 2.48. The molecule has 1 saturated carbocycles. The molecule has 0 N–H and O–H groups in total. The van der Waals surface area contributed by atoms with Crippen LogP contribution in [0, 0.1) is 5.41 Å². The Morgan fingerprint density at radius 2 is 1.88 bits per heavy atom. The van der Waals surface area contributed by atoms with Crippen molar-refractivity contribution in [3.05, 3.63) is 40.4 Å². The predicted molar refractivity (Wildman–Crippen MR) is 116 cm³/mol. The van der Waals surface area contributed by atoms with Gasteiger partial charge in [-0.3, -0.25) is 4.98 Å². The SMILES string of the molecule is COCC1(C(=C2CC2)N2CCc3ncc(C(F)(F)F)cc3C2)CCN(C(=O)OC(C)(C)C)C1. The number of methoxy groups -OCH3 is 1. The van der Waals surface area contributed by atoms with Crippen LogP contribution < -0.4 is 0 Å². The van der Waals surface area contributed by atoms with Gasteiger partial charge in [-0.2, -0.15) is 13.2 Å². The van der Waals surface area contributed by atoms with Crippen molar-refractivity contribution < 1.29 is 27.4 Å². The van der Waals surface area contributed by atoms with E-state index in [0.717, 1.165) is 36.9 Å². The summed E-state index contributed by atoms with van der Waals surface area (Å²) in [6, 6.07) is 1.23. The van der Waals surface area contributed by atoms with Crippen LogP contribution >= 0.6 is 0 Å². The molecule has 3 heterocycles. The first-order valence-electron chi connectivity index (χ1n) is 11.4. The number of allylic oxidation sites excluding steroid dienone is 1. The van der Waals surface area contributed by atoms with Crippen LogP contribution in [-0.4, -0.2) is 59.8 Å². The van der Waals surface area contributed by atoms with Gasteiger partial charge in [0.2, 0.25) is 0 Å². The number of alkyl halides is 3. The molecule has 0 aromatic carbocycles. The minimum atomic E-state index is -4.42. The van der Waals surface area contributed by atoms with Crippen LogP contribution in [0.3, 0.4) is 0 Å². The highest BCUT2D eigenvalue weighted by atomic mass is 19.4. The fourth-order valence-electron chi connectivity index (χ4n) is 5.02. The Kier molecular flexibility index (Phi) is 6.14. The maximum atomic E-state index is 13.3. The average Bonchev–Trinajstić information content (AvgIpc) is 3.44. The zero-order valence-corrected chi connectivity index (χ0v) is 19.7. The highest BCUT2D eigenvalue weighted by molar-refractivity contribution is 5.69. The largest absolute Gasteiger partial charge is 0.444 e. The van der Waals surface area contributed by atoms with Gasteiger partial charge >= 0.3 is 12.3 Å². The van der Waals surface area contributed by atoms with E-state index >= 15 is 0 Å². The summed E-state index contributed by atoms with van der Waals surface area (Å²) in [5.74, 6) is 0. The number of rotatable bonds is 4. The smallest absolute Gasteiger partial charge is 0.417 e. The molecule has 1 aromatic heterocycles. The van der Waals surface area contributed by atoms with Crippen LogP contribution in [0.25, 0.3) is 0 Å². The van der Waals surface area contributed by atoms with Gasteiger partial charge in [0.15, 0.2) is 0 Å². The van der Waals surface area contributed by atoms with Gasteiger partial charge in [0, 0.05) is 57.3 Å². The molecule has 0 radical (unpaired) electrons. The summed E-state index contributed by atoms with van der Waals surface area (Å²) < 4.78 is 51.0. The first-order chi connectivity index (χ1) is 15.4. The van der Waals surface area contributed by atoms with Gasteiger partial charge in [0.1, 0.15) is 5.60 Å². The monoisotopic (exact) mass is 467 g/mol. The van der Waals surface area contributed by atoms with Gasteiger partial charge in [-0.1, -0.05) is 0 Å². The topological polar surface area (TPSA) is 54.9 Å². The summed E-state index contributed by atoms with van der Waals surface area (Å²) in [4.78, 5) is 20.8. The lowest BCUT2D eigenvalue weighted by Gasteiger charge is -2.41. The molecule has 1 amide bonds. The van der Waals surface area contributed by atoms with E-state index in [2.05, 4.69) is 9.88 Å². The van der Waals surface area contributed by atoms with E-state index in [4.69, 9.17) is 9.47 Å². The second kappa shape index (κ2) is 8.49. The minimum absolute atomic E-state index is 0.344. The number of aromatic nitrogens is 1.